The summed E-state index contributed by atoms with van der Waals surface area (Å²) in [5.74, 6) is 0. The van der Waals surface area contributed by atoms with Crippen LogP contribution in [-0.4, -0.2) is 24.6 Å². The third kappa shape index (κ3) is 3.80. The molecule has 0 aliphatic rings. The Labute approximate surface area is 101 Å². The number of hydrogen-bond acceptors (Lipinski definition) is 4. The minimum absolute atomic E-state index is 0.0821. The van der Waals surface area contributed by atoms with Crippen LogP contribution in [0, 0.1) is 17.0 Å². The lowest BCUT2D eigenvalue weighted by Gasteiger charge is -2.13. The van der Waals surface area contributed by atoms with Gasteiger partial charge in [0.05, 0.1) is 17.6 Å². The predicted octanol–water partition coefficient (Wildman–Crippen LogP) is 2.03. The lowest BCUT2D eigenvalue weighted by molar-refractivity contribution is -0.385. The zero-order valence-corrected chi connectivity index (χ0v) is 10.4. The largest absolute Gasteiger partial charge is 0.372 e. The van der Waals surface area contributed by atoms with E-state index in [1.165, 1.54) is 6.07 Å². The number of likely N-dealkylation sites (N-methyl/N-ethyl adjacent to an activating group) is 1. The van der Waals surface area contributed by atoms with Gasteiger partial charge >= 0.3 is 0 Å². The zero-order chi connectivity index (χ0) is 12.8. The predicted molar refractivity (Wildman–Crippen MR) is 66.0 cm³/mol. The Morgan fingerprint density at radius 3 is 2.82 bits per heavy atom. The molecule has 1 unspecified atom stereocenters. The van der Waals surface area contributed by atoms with E-state index in [1.807, 2.05) is 20.0 Å². The first-order chi connectivity index (χ1) is 8.06. The van der Waals surface area contributed by atoms with Crippen LogP contribution >= 0.6 is 0 Å². The summed E-state index contributed by atoms with van der Waals surface area (Å²) in [6.07, 6.45) is 0.0821. The molecule has 1 N–H and O–H groups in total. The summed E-state index contributed by atoms with van der Waals surface area (Å²) < 4.78 is 5.60. The second-order valence-corrected chi connectivity index (χ2v) is 4.00. The van der Waals surface area contributed by atoms with Crippen LogP contribution in [0.3, 0.4) is 0 Å². The summed E-state index contributed by atoms with van der Waals surface area (Å²) in [5.41, 5.74) is 1.68. The molecule has 17 heavy (non-hydrogen) atoms. The van der Waals surface area contributed by atoms with Gasteiger partial charge in [0.15, 0.2) is 0 Å². The standard InChI is InChI=1S/C12H18N2O3/c1-9(7-13-3)17-8-11-5-4-6-12(10(11)2)14(15)16/h4-6,9,13H,7-8H2,1-3H3. The van der Waals surface area contributed by atoms with Crippen LogP contribution in [0.25, 0.3) is 0 Å². The molecule has 0 amide bonds. The van der Waals surface area contributed by atoms with Gasteiger partial charge in [0.2, 0.25) is 0 Å². The molecule has 0 aliphatic heterocycles. The van der Waals surface area contributed by atoms with Crippen LogP contribution in [0.15, 0.2) is 18.2 Å². The molecule has 0 heterocycles. The van der Waals surface area contributed by atoms with Gasteiger partial charge in [-0.1, -0.05) is 12.1 Å². The van der Waals surface area contributed by atoms with Gasteiger partial charge in [-0.15, -0.1) is 0 Å². The van der Waals surface area contributed by atoms with E-state index in [0.717, 1.165) is 12.1 Å². The van der Waals surface area contributed by atoms with Crippen molar-refractivity contribution in [3.63, 3.8) is 0 Å². The molecule has 0 saturated heterocycles. The summed E-state index contributed by atoms with van der Waals surface area (Å²) in [6, 6.07) is 5.05. The van der Waals surface area contributed by atoms with Crippen LogP contribution < -0.4 is 5.32 Å². The van der Waals surface area contributed by atoms with Gasteiger partial charge in [-0.2, -0.15) is 0 Å². The first-order valence-corrected chi connectivity index (χ1v) is 5.55. The van der Waals surface area contributed by atoms with Crippen LogP contribution in [0.5, 0.6) is 0 Å². The van der Waals surface area contributed by atoms with Gasteiger partial charge in [-0.3, -0.25) is 10.1 Å². The summed E-state index contributed by atoms with van der Waals surface area (Å²) >= 11 is 0. The highest BCUT2D eigenvalue weighted by molar-refractivity contribution is 5.44. The summed E-state index contributed by atoms with van der Waals surface area (Å²) in [5, 5.41) is 13.8. The van der Waals surface area contributed by atoms with E-state index >= 15 is 0 Å². The first-order valence-electron chi connectivity index (χ1n) is 5.55. The molecule has 0 aromatic heterocycles. The summed E-state index contributed by atoms with van der Waals surface area (Å²) in [7, 11) is 1.86. The van der Waals surface area contributed by atoms with Crippen LogP contribution in [0.1, 0.15) is 18.1 Å². The first kappa shape index (κ1) is 13.6. The fourth-order valence-electron chi connectivity index (χ4n) is 1.60. The number of nitro groups is 1. The molecule has 5 heteroatoms. The molecule has 5 nitrogen and oxygen atoms in total. The van der Waals surface area contributed by atoms with Gasteiger partial charge in [0.1, 0.15) is 0 Å². The molecular formula is C12H18N2O3. The molecule has 1 rings (SSSR count). The molecule has 0 radical (unpaired) electrons. The quantitative estimate of drug-likeness (QED) is 0.608. The Morgan fingerprint density at radius 2 is 2.24 bits per heavy atom. The maximum atomic E-state index is 10.8. The number of ether oxygens (including phenoxy) is 1. The third-order valence-electron chi connectivity index (χ3n) is 2.63. The van der Waals surface area contributed by atoms with E-state index in [-0.39, 0.29) is 16.7 Å². The molecular weight excluding hydrogens is 220 g/mol. The van der Waals surface area contributed by atoms with E-state index in [1.54, 1.807) is 13.0 Å². The number of nitrogens with zero attached hydrogens (tertiary/aromatic N) is 1. The van der Waals surface area contributed by atoms with Gasteiger partial charge in [0.25, 0.3) is 5.69 Å². The van der Waals surface area contributed by atoms with Crippen molar-refractivity contribution in [2.75, 3.05) is 13.6 Å². The lowest BCUT2D eigenvalue weighted by Crippen LogP contribution is -2.23. The molecule has 1 aromatic rings. The highest BCUT2D eigenvalue weighted by Crippen LogP contribution is 2.21. The SMILES string of the molecule is CNCC(C)OCc1cccc([N+](=O)[O-])c1C. The minimum Gasteiger partial charge on any atom is -0.372 e. The zero-order valence-electron chi connectivity index (χ0n) is 10.4. The topological polar surface area (TPSA) is 64.4 Å². The molecule has 0 aliphatic carbocycles. The Hall–Kier alpha value is -1.46. The minimum atomic E-state index is -0.365. The van der Waals surface area contributed by atoms with Gasteiger partial charge in [0, 0.05) is 18.2 Å². The lowest BCUT2D eigenvalue weighted by atomic mass is 10.1. The summed E-state index contributed by atoms with van der Waals surface area (Å²) in [6.45, 7) is 4.87. The van der Waals surface area contributed by atoms with Crippen LogP contribution in [-0.2, 0) is 11.3 Å². The monoisotopic (exact) mass is 238 g/mol. The molecule has 0 saturated carbocycles. The fourth-order valence-corrected chi connectivity index (χ4v) is 1.60. The Morgan fingerprint density at radius 1 is 1.53 bits per heavy atom. The van der Waals surface area contributed by atoms with E-state index in [9.17, 15) is 10.1 Å². The number of benzene rings is 1. The number of hydrogen-bond donors (Lipinski definition) is 1. The molecule has 0 spiro atoms. The van der Waals surface area contributed by atoms with Crippen molar-refractivity contribution in [1.82, 2.24) is 5.32 Å². The van der Waals surface area contributed by atoms with Gasteiger partial charge in [-0.25, -0.2) is 0 Å². The Balaban J connectivity index is 2.72. The van der Waals surface area contributed by atoms with Gasteiger partial charge < -0.3 is 10.1 Å². The number of rotatable bonds is 6. The maximum Gasteiger partial charge on any atom is 0.272 e. The van der Waals surface area contributed by atoms with Crippen molar-refractivity contribution in [2.24, 2.45) is 0 Å². The molecule has 0 bridgehead atoms. The second kappa shape index (κ2) is 6.32. The molecule has 94 valence electrons. The highest BCUT2D eigenvalue weighted by Gasteiger charge is 2.13. The van der Waals surface area contributed by atoms with E-state index < -0.39 is 0 Å². The van der Waals surface area contributed by atoms with E-state index in [4.69, 9.17) is 4.74 Å². The Bertz CT molecular complexity index is 393. The molecule has 1 atom stereocenters. The fraction of sp³-hybridized carbons (Fsp3) is 0.500. The van der Waals surface area contributed by atoms with Crippen molar-refractivity contribution >= 4 is 5.69 Å². The van der Waals surface area contributed by atoms with E-state index in [2.05, 4.69) is 5.32 Å². The van der Waals surface area contributed by atoms with Crippen molar-refractivity contribution in [1.29, 1.82) is 0 Å². The highest BCUT2D eigenvalue weighted by atomic mass is 16.6. The molecule has 0 fully saturated rings. The van der Waals surface area contributed by atoms with Crippen LogP contribution in [0.4, 0.5) is 5.69 Å². The second-order valence-electron chi connectivity index (χ2n) is 4.00. The van der Waals surface area contributed by atoms with Crippen molar-refractivity contribution in [3.05, 3.63) is 39.4 Å². The van der Waals surface area contributed by atoms with Crippen molar-refractivity contribution in [3.8, 4) is 0 Å². The number of nitro benzene ring substituents is 1. The van der Waals surface area contributed by atoms with E-state index in [0.29, 0.717) is 12.2 Å². The van der Waals surface area contributed by atoms with Crippen molar-refractivity contribution < 1.29 is 9.66 Å². The van der Waals surface area contributed by atoms with Gasteiger partial charge in [-0.05, 0) is 26.5 Å². The third-order valence-corrected chi connectivity index (χ3v) is 2.63. The number of nitrogens with one attached hydrogen (secondary N) is 1. The normalized spacial score (nSPS) is 12.4. The van der Waals surface area contributed by atoms with Crippen molar-refractivity contribution in [2.45, 2.75) is 26.6 Å². The molecule has 1 aromatic carbocycles. The average molecular weight is 238 g/mol. The average Bonchev–Trinajstić information content (AvgIpc) is 2.27. The Kier molecular flexibility index (Phi) is 5.06. The maximum absolute atomic E-state index is 10.8. The summed E-state index contributed by atoms with van der Waals surface area (Å²) in [4.78, 5) is 10.4. The van der Waals surface area contributed by atoms with Crippen LogP contribution in [0.2, 0.25) is 0 Å². The smallest absolute Gasteiger partial charge is 0.272 e.